The Morgan fingerprint density at radius 2 is 1.66 bits per heavy atom. The van der Waals surface area contributed by atoms with Gasteiger partial charge in [-0.25, -0.2) is 0 Å². The summed E-state index contributed by atoms with van der Waals surface area (Å²) >= 11 is 2.61. The number of ether oxygens (including phenoxy) is 1. The predicted octanol–water partition coefficient (Wildman–Crippen LogP) is 5.96. The molecular formula is C22H16N4O4S2. The van der Waals surface area contributed by atoms with Gasteiger partial charge in [0.05, 0.1) is 10.7 Å². The second kappa shape index (κ2) is 10.0. The van der Waals surface area contributed by atoms with Crippen LogP contribution in [0, 0.1) is 10.1 Å². The van der Waals surface area contributed by atoms with Crippen molar-refractivity contribution in [2.24, 2.45) is 0 Å². The van der Waals surface area contributed by atoms with Gasteiger partial charge in [-0.3, -0.25) is 14.9 Å². The number of aromatic nitrogens is 2. The lowest BCUT2D eigenvalue weighted by Crippen LogP contribution is -2.02. The number of rotatable bonds is 9. The van der Waals surface area contributed by atoms with E-state index in [0.717, 1.165) is 17.2 Å². The third-order valence-electron chi connectivity index (χ3n) is 4.22. The first-order valence-electron chi connectivity index (χ1n) is 9.41. The molecule has 0 radical (unpaired) electrons. The molecule has 0 aliphatic carbocycles. The van der Waals surface area contributed by atoms with Gasteiger partial charge >= 0.3 is 0 Å². The SMILES string of the molecule is O=C(CSc1nnc(Nc2ccc(Oc3ccccc3)cc2)s1)c1ccc([N+](=O)[O-])cc1. The van der Waals surface area contributed by atoms with E-state index in [4.69, 9.17) is 4.74 Å². The first-order chi connectivity index (χ1) is 15.6. The summed E-state index contributed by atoms with van der Waals surface area (Å²) in [6.45, 7) is 0. The average molecular weight is 465 g/mol. The Morgan fingerprint density at radius 3 is 2.34 bits per heavy atom. The summed E-state index contributed by atoms with van der Waals surface area (Å²) < 4.78 is 6.42. The summed E-state index contributed by atoms with van der Waals surface area (Å²) in [5, 5.41) is 22.7. The molecule has 160 valence electrons. The Labute approximate surface area is 191 Å². The Hall–Kier alpha value is -3.76. The molecule has 0 amide bonds. The minimum atomic E-state index is -0.497. The summed E-state index contributed by atoms with van der Waals surface area (Å²) in [4.78, 5) is 22.5. The number of ketones is 1. The Morgan fingerprint density at radius 1 is 0.969 bits per heavy atom. The van der Waals surface area contributed by atoms with E-state index in [1.807, 2.05) is 54.6 Å². The van der Waals surface area contributed by atoms with Crippen molar-refractivity contribution in [1.29, 1.82) is 0 Å². The molecule has 32 heavy (non-hydrogen) atoms. The maximum absolute atomic E-state index is 12.3. The van der Waals surface area contributed by atoms with Crippen LogP contribution in [0.4, 0.5) is 16.5 Å². The van der Waals surface area contributed by atoms with Crippen LogP contribution in [0.1, 0.15) is 10.4 Å². The molecule has 0 bridgehead atoms. The maximum Gasteiger partial charge on any atom is 0.269 e. The molecule has 0 fully saturated rings. The number of benzene rings is 3. The molecule has 0 atom stereocenters. The molecule has 0 saturated heterocycles. The molecule has 0 unspecified atom stereocenters. The van der Waals surface area contributed by atoms with Crippen molar-refractivity contribution in [2.75, 3.05) is 11.1 Å². The summed E-state index contributed by atoms with van der Waals surface area (Å²) in [6, 6.07) is 22.6. The topological polar surface area (TPSA) is 107 Å². The first kappa shape index (κ1) is 21.5. The molecule has 1 heterocycles. The normalized spacial score (nSPS) is 10.5. The van der Waals surface area contributed by atoms with Crippen LogP contribution in [0.15, 0.2) is 83.2 Å². The number of para-hydroxylation sites is 1. The van der Waals surface area contributed by atoms with E-state index in [1.54, 1.807) is 0 Å². The minimum absolute atomic E-state index is 0.0475. The zero-order valence-electron chi connectivity index (χ0n) is 16.5. The number of Topliss-reactive ketones (excluding diaryl/α,β-unsaturated/α-hetero) is 1. The second-order valence-corrected chi connectivity index (χ2v) is 8.65. The van der Waals surface area contributed by atoms with Gasteiger partial charge in [-0.15, -0.1) is 10.2 Å². The van der Waals surface area contributed by atoms with Crippen molar-refractivity contribution in [1.82, 2.24) is 10.2 Å². The van der Waals surface area contributed by atoms with Crippen LogP contribution in [-0.4, -0.2) is 26.7 Å². The quantitative estimate of drug-likeness (QED) is 0.140. The zero-order chi connectivity index (χ0) is 22.3. The predicted molar refractivity (Wildman–Crippen MR) is 124 cm³/mol. The van der Waals surface area contributed by atoms with Crippen LogP contribution in [0.3, 0.4) is 0 Å². The summed E-state index contributed by atoms with van der Waals surface area (Å²) in [5.74, 6) is 1.52. The van der Waals surface area contributed by atoms with E-state index in [2.05, 4.69) is 15.5 Å². The average Bonchev–Trinajstić information content (AvgIpc) is 3.27. The number of carbonyl (C=O) groups excluding carboxylic acids is 1. The van der Waals surface area contributed by atoms with Crippen LogP contribution >= 0.6 is 23.1 Å². The number of nitrogens with zero attached hydrogens (tertiary/aromatic N) is 3. The van der Waals surface area contributed by atoms with E-state index in [9.17, 15) is 14.9 Å². The Kier molecular flexibility index (Phi) is 6.73. The third-order valence-corrected chi connectivity index (χ3v) is 6.19. The summed E-state index contributed by atoms with van der Waals surface area (Å²) in [6.07, 6.45) is 0. The van der Waals surface area contributed by atoms with Crippen LogP contribution in [-0.2, 0) is 0 Å². The van der Waals surface area contributed by atoms with Gasteiger partial charge in [-0.1, -0.05) is 41.3 Å². The van der Waals surface area contributed by atoms with E-state index < -0.39 is 4.92 Å². The van der Waals surface area contributed by atoms with E-state index in [-0.39, 0.29) is 17.2 Å². The number of anilines is 2. The lowest BCUT2D eigenvalue weighted by atomic mass is 10.1. The van der Waals surface area contributed by atoms with Crippen molar-refractivity contribution in [2.45, 2.75) is 4.34 Å². The molecule has 3 aromatic carbocycles. The molecular weight excluding hydrogens is 448 g/mol. The van der Waals surface area contributed by atoms with Crippen molar-refractivity contribution in [3.8, 4) is 11.5 Å². The highest BCUT2D eigenvalue weighted by molar-refractivity contribution is 8.01. The number of thioether (sulfide) groups is 1. The van der Waals surface area contributed by atoms with Crippen LogP contribution in [0.2, 0.25) is 0 Å². The highest BCUT2D eigenvalue weighted by Crippen LogP contribution is 2.29. The minimum Gasteiger partial charge on any atom is -0.457 e. The number of hydrogen-bond acceptors (Lipinski definition) is 9. The molecule has 10 heteroatoms. The second-order valence-electron chi connectivity index (χ2n) is 6.45. The number of carbonyl (C=O) groups is 1. The summed E-state index contributed by atoms with van der Waals surface area (Å²) in [5.41, 5.74) is 1.21. The smallest absolute Gasteiger partial charge is 0.269 e. The fourth-order valence-corrected chi connectivity index (χ4v) is 4.32. The fourth-order valence-electron chi connectivity index (χ4n) is 2.65. The Bertz CT molecular complexity index is 1210. The van der Waals surface area contributed by atoms with Gasteiger partial charge in [0.1, 0.15) is 11.5 Å². The molecule has 0 aliphatic heterocycles. The van der Waals surface area contributed by atoms with Gasteiger partial charge in [-0.05, 0) is 48.5 Å². The third kappa shape index (κ3) is 5.68. The van der Waals surface area contributed by atoms with Gasteiger partial charge in [0, 0.05) is 23.4 Å². The van der Waals surface area contributed by atoms with Crippen LogP contribution < -0.4 is 10.1 Å². The standard InChI is InChI=1S/C22H16N4O4S2/c27-20(15-6-10-17(11-7-15)26(28)29)14-31-22-25-24-21(32-22)23-16-8-12-19(13-9-16)30-18-4-2-1-3-5-18/h1-13H,14H2,(H,23,24). The van der Waals surface area contributed by atoms with E-state index in [1.165, 1.54) is 47.4 Å². The number of nitro benzene ring substituents is 1. The van der Waals surface area contributed by atoms with Gasteiger partial charge in [0.2, 0.25) is 5.13 Å². The lowest BCUT2D eigenvalue weighted by Gasteiger charge is -2.06. The molecule has 0 spiro atoms. The van der Waals surface area contributed by atoms with Crippen molar-refractivity contribution < 1.29 is 14.5 Å². The van der Waals surface area contributed by atoms with Gasteiger partial charge in [0.15, 0.2) is 10.1 Å². The molecule has 4 aromatic rings. The molecule has 4 rings (SSSR count). The molecule has 8 nitrogen and oxygen atoms in total. The molecule has 1 N–H and O–H groups in total. The van der Waals surface area contributed by atoms with E-state index in [0.29, 0.717) is 15.0 Å². The Balaban J connectivity index is 1.30. The zero-order valence-corrected chi connectivity index (χ0v) is 18.1. The van der Waals surface area contributed by atoms with Crippen LogP contribution in [0.5, 0.6) is 11.5 Å². The summed E-state index contributed by atoms with van der Waals surface area (Å²) in [7, 11) is 0. The molecule has 0 aliphatic rings. The number of nitrogens with one attached hydrogen (secondary N) is 1. The van der Waals surface area contributed by atoms with E-state index >= 15 is 0 Å². The number of hydrogen-bond donors (Lipinski definition) is 1. The van der Waals surface area contributed by atoms with Gasteiger partial charge in [-0.2, -0.15) is 0 Å². The van der Waals surface area contributed by atoms with Crippen LogP contribution in [0.25, 0.3) is 0 Å². The highest BCUT2D eigenvalue weighted by Gasteiger charge is 2.12. The molecule has 1 aromatic heterocycles. The first-order valence-corrected chi connectivity index (χ1v) is 11.2. The largest absolute Gasteiger partial charge is 0.457 e. The lowest BCUT2D eigenvalue weighted by molar-refractivity contribution is -0.384. The number of nitro groups is 1. The van der Waals surface area contributed by atoms with Crippen molar-refractivity contribution in [3.05, 3.63) is 94.5 Å². The van der Waals surface area contributed by atoms with Crippen molar-refractivity contribution >= 4 is 45.4 Å². The van der Waals surface area contributed by atoms with Gasteiger partial charge < -0.3 is 10.1 Å². The van der Waals surface area contributed by atoms with Gasteiger partial charge in [0.25, 0.3) is 5.69 Å². The fraction of sp³-hybridized carbons (Fsp3) is 0.0455. The van der Waals surface area contributed by atoms with Crippen molar-refractivity contribution in [3.63, 3.8) is 0 Å². The highest BCUT2D eigenvalue weighted by atomic mass is 32.2. The number of non-ortho nitro benzene ring substituents is 1. The molecule has 0 saturated carbocycles. The monoisotopic (exact) mass is 464 g/mol. The maximum atomic E-state index is 12.3.